The average molecular weight is 286 g/mol. The van der Waals surface area contributed by atoms with Gasteiger partial charge in [0.25, 0.3) is 0 Å². The third kappa shape index (κ3) is 2.56. The SMILES string of the molecule is CC(C)n1c(CNC2CCC2)cc2cccc(C(=O)O)c21. The first-order valence-corrected chi connectivity index (χ1v) is 7.67. The second-order valence-corrected chi connectivity index (χ2v) is 6.16. The van der Waals surface area contributed by atoms with Crippen LogP contribution < -0.4 is 5.32 Å². The highest BCUT2D eigenvalue weighted by Gasteiger charge is 2.20. The molecular formula is C17H22N2O2. The Morgan fingerprint density at radius 2 is 2.19 bits per heavy atom. The number of rotatable bonds is 5. The van der Waals surface area contributed by atoms with Crippen LogP contribution in [0.25, 0.3) is 10.9 Å². The molecule has 0 spiro atoms. The van der Waals surface area contributed by atoms with Crippen LogP contribution in [-0.2, 0) is 6.54 Å². The van der Waals surface area contributed by atoms with Crippen molar-refractivity contribution in [1.82, 2.24) is 9.88 Å². The molecule has 0 amide bonds. The zero-order valence-corrected chi connectivity index (χ0v) is 12.6. The fourth-order valence-electron chi connectivity index (χ4n) is 3.10. The van der Waals surface area contributed by atoms with Crippen molar-refractivity contribution in [2.45, 2.75) is 51.7 Å². The van der Waals surface area contributed by atoms with Gasteiger partial charge in [0.05, 0.1) is 11.1 Å². The Hall–Kier alpha value is -1.81. The first-order valence-electron chi connectivity index (χ1n) is 7.67. The number of nitrogens with one attached hydrogen (secondary N) is 1. The van der Waals surface area contributed by atoms with Crippen molar-refractivity contribution in [2.24, 2.45) is 0 Å². The standard InChI is InChI=1S/C17H22N2O2/c1-11(2)19-14(10-18-13-6-4-7-13)9-12-5-3-8-15(16(12)19)17(20)21/h3,5,8-9,11,13,18H,4,6-7,10H2,1-2H3,(H,20,21). The summed E-state index contributed by atoms with van der Waals surface area (Å²) in [7, 11) is 0. The third-order valence-electron chi connectivity index (χ3n) is 4.36. The lowest BCUT2D eigenvalue weighted by Gasteiger charge is -2.27. The Morgan fingerprint density at radius 3 is 2.76 bits per heavy atom. The summed E-state index contributed by atoms with van der Waals surface area (Å²) in [5.74, 6) is -0.862. The van der Waals surface area contributed by atoms with Gasteiger partial charge in [0.15, 0.2) is 0 Å². The molecular weight excluding hydrogens is 264 g/mol. The fraction of sp³-hybridized carbons (Fsp3) is 0.471. The third-order valence-corrected chi connectivity index (χ3v) is 4.36. The molecule has 1 aliphatic rings. The van der Waals surface area contributed by atoms with E-state index in [1.54, 1.807) is 6.07 Å². The number of benzene rings is 1. The summed E-state index contributed by atoms with van der Waals surface area (Å²) in [6, 6.07) is 8.48. The Morgan fingerprint density at radius 1 is 1.43 bits per heavy atom. The number of aromatic nitrogens is 1. The lowest BCUT2D eigenvalue weighted by Crippen LogP contribution is -2.35. The normalized spacial score (nSPS) is 15.6. The second-order valence-electron chi connectivity index (χ2n) is 6.16. The molecule has 1 aromatic carbocycles. The summed E-state index contributed by atoms with van der Waals surface area (Å²) in [6.07, 6.45) is 3.82. The molecule has 0 atom stereocenters. The van der Waals surface area contributed by atoms with Crippen LogP contribution in [0.1, 0.15) is 55.2 Å². The van der Waals surface area contributed by atoms with Crippen LogP contribution in [0.2, 0.25) is 0 Å². The largest absolute Gasteiger partial charge is 0.478 e. The van der Waals surface area contributed by atoms with E-state index in [0.717, 1.165) is 17.4 Å². The molecule has 0 aliphatic heterocycles. The van der Waals surface area contributed by atoms with Gasteiger partial charge in [-0.05, 0) is 38.8 Å². The Balaban J connectivity index is 2.04. The van der Waals surface area contributed by atoms with Gasteiger partial charge >= 0.3 is 5.97 Å². The van der Waals surface area contributed by atoms with Crippen molar-refractivity contribution in [2.75, 3.05) is 0 Å². The molecule has 0 bridgehead atoms. The predicted octanol–water partition coefficient (Wildman–Crippen LogP) is 3.56. The summed E-state index contributed by atoms with van der Waals surface area (Å²) in [6.45, 7) is 5.01. The number of hydrogen-bond donors (Lipinski definition) is 2. The number of carboxylic acid groups (broad SMARTS) is 1. The summed E-state index contributed by atoms with van der Waals surface area (Å²) in [4.78, 5) is 11.5. The van der Waals surface area contributed by atoms with Crippen molar-refractivity contribution in [3.63, 3.8) is 0 Å². The van der Waals surface area contributed by atoms with E-state index in [-0.39, 0.29) is 6.04 Å². The first-order chi connectivity index (χ1) is 10.1. The Kier molecular flexibility index (Phi) is 3.72. The number of carbonyl (C=O) groups is 1. The maximum absolute atomic E-state index is 11.5. The molecule has 0 radical (unpaired) electrons. The molecule has 0 unspecified atom stereocenters. The lowest BCUT2D eigenvalue weighted by molar-refractivity contribution is 0.0698. The predicted molar refractivity (Wildman–Crippen MR) is 83.8 cm³/mol. The highest BCUT2D eigenvalue weighted by molar-refractivity contribution is 6.02. The number of para-hydroxylation sites is 1. The molecule has 2 N–H and O–H groups in total. The lowest BCUT2D eigenvalue weighted by atomic mass is 9.93. The summed E-state index contributed by atoms with van der Waals surface area (Å²) < 4.78 is 2.16. The smallest absolute Gasteiger partial charge is 0.337 e. The van der Waals surface area contributed by atoms with E-state index in [2.05, 4.69) is 29.8 Å². The topological polar surface area (TPSA) is 54.3 Å². The molecule has 21 heavy (non-hydrogen) atoms. The maximum Gasteiger partial charge on any atom is 0.337 e. The van der Waals surface area contributed by atoms with E-state index >= 15 is 0 Å². The van der Waals surface area contributed by atoms with E-state index in [1.165, 1.54) is 25.0 Å². The zero-order valence-electron chi connectivity index (χ0n) is 12.6. The summed E-state index contributed by atoms with van der Waals surface area (Å²) >= 11 is 0. The first kappa shape index (κ1) is 14.1. The van der Waals surface area contributed by atoms with E-state index in [1.807, 2.05) is 12.1 Å². The van der Waals surface area contributed by atoms with E-state index < -0.39 is 5.97 Å². The van der Waals surface area contributed by atoms with Gasteiger partial charge in [-0.15, -0.1) is 0 Å². The van der Waals surface area contributed by atoms with Crippen molar-refractivity contribution in [3.8, 4) is 0 Å². The van der Waals surface area contributed by atoms with Crippen molar-refractivity contribution in [3.05, 3.63) is 35.5 Å². The average Bonchev–Trinajstić information content (AvgIpc) is 2.74. The summed E-state index contributed by atoms with van der Waals surface area (Å²) in [5.41, 5.74) is 2.39. The highest BCUT2D eigenvalue weighted by Crippen LogP contribution is 2.28. The molecule has 1 fully saturated rings. The quantitative estimate of drug-likeness (QED) is 0.883. The number of hydrogen-bond acceptors (Lipinski definition) is 2. The van der Waals surface area contributed by atoms with Gasteiger partial charge in [0, 0.05) is 29.7 Å². The van der Waals surface area contributed by atoms with Gasteiger partial charge in [-0.2, -0.15) is 0 Å². The molecule has 3 rings (SSSR count). The second kappa shape index (κ2) is 5.53. The molecule has 1 aromatic heterocycles. The number of carboxylic acids is 1. The van der Waals surface area contributed by atoms with Crippen LogP contribution >= 0.6 is 0 Å². The van der Waals surface area contributed by atoms with Crippen LogP contribution in [0.5, 0.6) is 0 Å². The highest BCUT2D eigenvalue weighted by atomic mass is 16.4. The molecule has 1 heterocycles. The van der Waals surface area contributed by atoms with Crippen LogP contribution in [0.3, 0.4) is 0 Å². The Labute approximate surface area is 124 Å². The van der Waals surface area contributed by atoms with Crippen molar-refractivity contribution >= 4 is 16.9 Å². The Bertz CT molecular complexity index is 669. The van der Waals surface area contributed by atoms with Gasteiger partial charge in [-0.3, -0.25) is 0 Å². The van der Waals surface area contributed by atoms with Gasteiger partial charge in [-0.25, -0.2) is 4.79 Å². The van der Waals surface area contributed by atoms with Gasteiger partial charge in [0.1, 0.15) is 0 Å². The molecule has 4 heteroatoms. The minimum atomic E-state index is -0.862. The monoisotopic (exact) mass is 286 g/mol. The molecule has 1 saturated carbocycles. The number of nitrogens with zero attached hydrogens (tertiary/aromatic N) is 1. The molecule has 112 valence electrons. The van der Waals surface area contributed by atoms with E-state index in [0.29, 0.717) is 11.6 Å². The van der Waals surface area contributed by atoms with Gasteiger partial charge < -0.3 is 15.0 Å². The van der Waals surface area contributed by atoms with Gasteiger partial charge in [-0.1, -0.05) is 18.6 Å². The molecule has 0 saturated heterocycles. The van der Waals surface area contributed by atoms with Crippen LogP contribution in [0.15, 0.2) is 24.3 Å². The molecule has 2 aromatic rings. The minimum Gasteiger partial charge on any atom is -0.478 e. The molecule has 4 nitrogen and oxygen atoms in total. The van der Waals surface area contributed by atoms with Crippen LogP contribution in [0.4, 0.5) is 0 Å². The van der Waals surface area contributed by atoms with Crippen LogP contribution in [-0.4, -0.2) is 21.7 Å². The number of aromatic carboxylic acids is 1. The van der Waals surface area contributed by atoms with E-state index in [9.17, 15) is 9.90 Å². The summed E-state index contributed by atoms with van der Waals surface area (Å²) in [5, 5.41) is 14.0. The van der Waals surface area contributed by atoms with Gasteiger partial charge in [0.2, 0.25) is 0 Å². The minimum absolute atomic E-state index is 0.237. The van der Waals surface area contributed by atoms with Crippen LogP contribution in [0, 0.1) is 0 Å². The fourth-order valence-corrected chi connectivity index (χ4v) is 3.10. The number of fused-ring (bicyclic) bond motifs is 1. The molecule has 1 aliphatic carbocycles. The van der Waals surface area contributed by atoms with E-state index in [4.69, 9.17) is 0 Å². The van der Waals surface area contributed by atoms with Crippen molar-refractivity contribution in [1.29, 1.82) is 0 Å². The van der Waals surface area contributed by atoms with Crippen molar-refractivity contribution < 1.29 is 9.90 Å². The maximum atomic E-state index is 11.5. The zero-order chi connectivity index (χ0) is 15.0.